The van der Waals surface area contributed by atoms with Crippen molar-refractivity contribution in [3.63, 3.8) is 0 Å². The first kappa shape index (κ1) is 10.3. The van der Waals surface area contributed by atoms with Crippen molar-refractivity contribution in [3.05, 3.63) is 21.9 Å². The topological polar surface area (TPSA) is 38.0 Å². The molecule has 3 heteroatoms. The van der Waals surface area contributed by atoms with Crippen LogP contribution in [0.25, 0.3) is 0 Å². The molecule has 0 amide bonds. The summed E-state index contributed by atoms with van der Waals surface area (Å²) < 4.78 is 0. The molecule has 1 unspecified atom stereocenters. The highest BCUT2D eigenvalue weighted by Crippen LogP contribution is 2.24. The van der Waals surface area contributed by atoms with Crippen molar-refractivity contribution in [2.75, 3.05) is 0 Å². The van der Waals surface area contributed by atoms with Gasteiger partial charge in [-0.05, 0) is 18.6 Å². The molecule has 13 heavy (non-hydrogen) atoms. The van der Waals surface area contributed by atoms with Crippen molar-refractivity contribution in [3.8, 4) is 12.3 Å². The number of nitrogens with one attached hydrogen (secondary N) is 1. The van der Waals surface area contributed by atoms with Crippen molar-refractivity contribution < 1.29 is 0 Å². The van der Waals surface area contributed by atoms with E-state index in [-0.39, 0.29) is 6.04 Å². The van der Waals surface area contributed by atoms with Gasteiger partial charge < -0.3 is 0 Å². The van der Waals surface area contributed by atoms with E-state index in [9.17, 15) is 0 Å². The van der Waals surface area contributed by atoms with Gasteiger partial charge in [-0.25, -0.2) is 0 Å². The van der Waals surface area contributed by atoms with Gasteiger partial charge in [0.05, 0.1) is 6.04 Å². The number of hydrogen-bond acceptors (Lipinski definition) is 3. The van der Waals surface area contributed by atoms with Crippen LogP contribution < -0.4 is 11.3 Å². The molecule has 1 rings (SSSR count). The molecule has 0 aromatic carbocycles. The van der Waals surface area contributed by atoms with E-state index in [1.807, 2.05) is 0 Å². The lowest BCUT2D eigenvalue weighted by molar-refractivity contribution is 0.577. The van der Waals surface area contributed by atoms with Gasteiger partial charge in [-0.3, -0.25) is 11.3 Å². The third kappa shape index (κ3) is 2.56. The summed E-state index contributed by atoms with van der Waals surface area (Å²) in [6.45, 7) is 2.14. The van der Waals surface area contributed by atoms with Gasteiger partial charge in [0.1, 0.15) is 0 Å². The molecule has 0 saturated carbocycles. The number of hydrazine groups is 1. The lowest BCUT2D eigenvalue weighted by Crippen LogP contribution is -2.26. The second-order valence-corrected chi connectivity index (χ2v) is 3.99. The molecule has 70 valence electrons. The quantitative estimate of drug-likeness (QED) is 0.436. The van der Waals surface area contributed by atoms with Crippen LogP contribution in [0.15, 0.2) is 12.1 Å². The summed E-state index contributed by atoms with van der Waals surface area (Å²) in [5.74, 6) is 8.01. The van der Waals surface area contributed by atoms with Crippen molar-refractivity contribution in [1.29, 1.82) is 0 Å². The first-order chi connectivity index (χ1) is 6.31. The van der Waals surface area contributed by atoms with Crippen LogP contribution in [-0.4, -0.2) is 0 Å². The zero-order chi connectivity index (χ0) is 9.68. The molecule has 1 atom stereocenters. The third-order valence-corrected chi connectivity index (χ3v) is 3.24. The highest BCUT2D eigenvalue weighted by Gasteiger charge is 2.09. The SMILES string of the molecule is C#CCC(NN)c1ccc(CC)s1. The zero-order valence-corrected chi connectivity index (χ0v) is 8.53. The van der Waals surface area contributed by atoms with Crippen LogP contribution >= 0.6 is 11.3 Å². The lowest BCUT2D eigenvalue weighted by atomic mass is 10.2. The predicted octanol–water partition coefficient (Wildman–Crippen LogP) is 1.84. The standard InChI is InChI=1S/C10H14N2S/c1-3-5-9(12-11)10-7-6-8(4-2)13-10/h1,6-7,9,12H,4-5,11H2,2H3. The second-order valence-electron chi connectivity index (χ2n) is 2.79. The molecular weight excluding hydrogens is 180 g/mol. The first-order valence-corrected chi connectivity index (χ1v) is 5.11. The highest BCUT2D eigenvalue weighted by atomic mass is 32.1. The molecule has 1 aromatic rings. The van der Waals surface area contributed by atoms with Gasteiger partial charge in [0.2, 0.25) is 0 Å². The summed E-state index contributed by atoms with van der Waals surface area (Å²) in [6, 6.07) is 4.32. The van der Waals surface area contributed by atoms with Crippen molar-refractivity contribution in [2.24, 2.45) is 5.84 Å². The lowest BCUT2D eigenvalue weighted by Gasteiger charge is -2.09. The molecule has 0 aliphatic rings. The molecule has 0 fully saturated rings. The molecule has 1 heterocycles. The Labute approximate surface area is 83.1 Å². The molecule has 0 saturated heterocycles. The van der Waals surface area contributed by atoms with Crippen molar-refractivity contribution >= 4 is 11.3 Å². The predicted molar refractivity (Wildman–Crippen MR) is 57.2 cm³/mol. The van der Waals surface area contributed by atoms with Gasteiger partial charge in [0.15, 0.2) is 0 Å². The van der Waals surface area contributed by atoms with Gasteiger partial charge >= 0.3 is 0 Å². The fraction of sp³-hybridized carbons (Fsp3) is 0.400. The van der Waals surface area contributed by atoms with E-state index >= 15 is 0 Å². The van der Waals surface area contributed by atoms with E-state index in [1.165, 1.54) is 9.75 Å². The van der Waals surface area contributed by atoms with Gasteiger partial charge in [0.25, 0.3) is 0 Å². The Bertz CT molecular complexity index is 298. The highest BCUT2D eigenvalue weighted by molar-refractivity contribution is 7.12. The summed E-state index contributed by atoms with van der Waals surface area (Å²) in [6.07, 6.45) is 6.95. The van der Waals surface area contributed by atoms with Gasteiger partial charge in [0, 0.05) is 16.2 Å². The minimum Gasteiger partial charge on any atom is -0.271 e. The minimum absolute atomic E-state index is 0.107. The van der Waals surface area contributed by atoms with Gasteiger partial charge in [-0.15, -0.1) is 23.7 Å². The second kappa shape index (κ2) is 5.03. The van der Waals surface area contributed by atoms with E-state index in [0.717, 1.165) is 6.42 Å². The van der Waals surface area contributed by atoms with Crippen LogP contribution in [0, 0.1) is 12.3 Å². The Morgan fingerprint density at radius 3 is 2.92 bits per heavy atom. The van der Waals surface area contributed by atoms with Crippen molar-refractivity contribution in [1.82, 2.24) is 5.43 Å². The van der Waals surface area contributed by atoms with Crippen LogP contribution in [0.1, 0.15) is 29.1 Å². The molecule has 0 radical (unpaired) electrons. The molecule has 0 bridgehead atoms. The fourth-order valence-corrected chi connectivity index (χ4v) is 2.14. The smallest absolute Gasteiger partial charge is 0.0662 e. The summed E-state index contributed by atoms with van der Waals surface area (Å²) in [7, 11) is 0. The Balaban J connectivity index is 2.74. The molecule has 3 N–H and O–H groups in total. The zero-order valence-electron chi connectivity index (χ0n) is 7.71. The van der Waals surface area contributed by atoms with Crippen LogP contribution in [0.3, 0.4) is 0 Å². The van der Waals surface area contributed by atoms with Crippen LogP contribution in [0.2, 0.25) is 0 Å². The van der Waals surface area contributed by atoms with Crippen LogP contribution in [0.4, 0.5) is 0 Å². The van der Waals surface area contributed by atoms with E-state index in [2.05, 4.69) is 30.4 Å². The fourth-order valence-electron chi connectivity index (χ4n) is 1.13. The number of aryl methyl sites for hydroxylation is 1. The number of terminal acetylenes is 1. The maximum absolute atomic E-state index is 5.40. The van der Waals surface area contributed by atoms with Crippen molar-refractivity contribution in [2.45, 2.75) is 25.8 Å². The number of hydrogen-bond donors (Lipinski definition) is 2. The van der Waals surface area contributed by atoms with Crippen LogP contribution in [0.5, 0.6) is 0 Å². The maximum atomic E-state index is 5.40. The normalized spacial score (nSPS) is 12.4. The summed E-state index contributed by atoms with van der Waals surface area (Å²) in [4.78, 5) is 2.59. The Kier molecular flexibility index (Phi) is 3.97. The molecule has 0 aliphatic heterocycles. The first-order valence-electron chi connectivity index (χ1n) is 4.30. The Hall–Kier alpha value is -0.820. The summed E-state index contributed by atoms with van der Waals surface area (Å²) in [5.41, 5.74) is 2.72. The van der Waals surface area contributed by atoms with Crippen LogP contribution in [-0.2, 0) is 6.42 Å². The molecule has 1 aromatic heterocycles. The summed E-state index contributed by atoms with van der Waals surface area (Å²) in [5, 5.41) is 0. The maximum Gasteiger partial charge on any atom is 0.0662 e. The number of rotatable bonds is 4. The van der Waals surface area contributed by atoms with E-state index in [4.69, 9.17) is 12.3 Å². The van der Waals surface area contributed by atoms with E-state index in [1.54, 1.807) is 11.3 Å². The Morgan fingerprint density at radius 1 is 1.69 bits per heavy atom. The van der Waals surface area contributed by atoms with E-state index in [0.29, 0.717) is 6.42 Å². The monoisotopic (exact) mass is 194 g/mol. The van der Waals surface area contributed by atoms with Gasteiger partial charge in [-0.1, -0.05) is 6.92 Å². The average molecular weight is 194 g/mol. The minimum atomic E-state index is 0.107. The largest absolute Gasteiger partial charge is 0.271 e. The van der Waals surface area contributed by atoms with Gasteiger partial charge in [-0.2, -0.15) is 0 Å². The molecule has 0 aliphatic carbocycles. The third-order valence-electron chi connectivity index (χ3n) is 1.90. The van der Waals surface area contributed by atoms with E-state index < -0.39 is 0 Å². The molecular formula is C10H14N2S. The molecule has 2 nitrogen and oxygen atoms in total. The summed E-state index contributed by atoms with van der Waals surface area (Å²) >= 11 is 1.77. The number of thiophene rings is 1. The average Bonchev–Trinajstić information content (AvgIpc) is 2.62. The molecule has 0 spiro atoms. The number of nitrogens with two attached hydrogens (primary N) is 1. The Morgan fingerprint density at radius 2 is 2.46 bits per heavy atom.